The molecule has 0 saturated carbocycles. The fraction of sp³-hybridized carbons (Fsp3) is 0.350. The Kier molecular flexibility index (Phi) is 7.76. The number of benzene rings is 1. The zero-order valence-corrected chi connectivity index (χ0v) is 16.1. The van der Waals surface area contributed by atoms with Gasteiger partial charge in [-0.05, 0) is 43.4 Å². The molecule has 0 spiro atoms. The van der Waals surface area contributed by atoms with Crippen LogP contribution >= 0.6 is 11.6 Å². The number of ketones is 1. The number of carbonyl (C=O) groups excluding carboxylic acids is 2. The van der Waals surface area contributed by atoms with Crippen molar-refractivity contribution < 1.29 is 9.59 Å². The standard InChI is InChI=1S/C20H25ClN4O2/c1-13(18(26)10-8-15-11-16(21)19(23)24-12-15)25-20(27)17(22)9-7-14-5-3-2-4-6-14/h2-6,11-13,17H,7-10,22H2,1H3,(H2,23,24)(H,25,27)/t13-,17+/m0/s1. The number of nitrogen functional groups attached to an aromatic ring is 1. The Morgan fingerprint density at radius 1 is 1.19 bits per heavy atom. The average Bonchev–Trinajstić information content (AvgIpc) is 2.67. The largest absolute Gasteiger partial charge is 0.382 e. The van der Waals surface area contributed by atoms with Crippen LogP contribution in [0, 0.1) is 0 Å². The second-order valence-corrected chi connectivity index (χ2v) is 6.95. The highest BCUT2D eigenvalue weighted by atomic mass is 35.5. The zero-order valence-electron chi connectivity index (χ0n) is 15.3. The lowest BCUT2D eigenvalue weighted by molar-refractivity contribution is -0.128. The van der Waals surface area contributed by atoms with Gasteiger partial charge < -0.3 is 16.8 Å². The van der Waals surface area contributed by atoms with E-state index in [0.29, 0.717) is 24.3 Å². The van der Waals surface area contributed by atoms with Crippen LogP contribution in [0.25, 0.3) is 0 Å². The summed E-state index contributed by atoms with van der Waals surface area (Å²) in [5.41, 5.74) is 13.5. The molecule has 2 rings (SSSR count). The molecule has 0 aliphatic heterocycles. The van der Waals surface area contributed by atoms with Crippen LogP contribution in [-0.4, -0.2) is 28.8 Å². The number of amides is 1. The molecule has 2 atom stereocenters. The number of nitrogens with one attached hydrogen (secondary N) is 1. The highest BCUT2D eigenvalue weighted by Crippen LogP contribution is 2.17. The molecule has 1 amide bonds. The molecule has 6 nitrogen and oxygen atoms in total. The Morgan fingerprint density at radius 3 is 2.56 bits per heavy atom. The molecule has 144 valence electrons. The third kappa shape index (κ3) is 6.66. The monoisotopic (exact) mass is 388 g/mol. The summed E-state index contributed by atoms with van der Waals surface area (Å²) in [7, 11) is 0. The van der Waals surface area contributed by atoms with Crippen LogP contribution in [0.5, 0.6) is 0 Å². The summed E-state index contributed by atoms with van der Waals surface area (Å²) in [6.45, 7) is 1.67. The van der Waals surface area contributed by atoms with Crippen LogP contribution in [-0.2, 0) is 22.4 Å². The maximum absolute atomic E-state index is 12.3. The van der Waals surface area contributed by atoms with Gasteiger partial charge in [0.2, 0.25) is 5.91 Å². The molecule has 0 aliphatic rings. The SMILES string of the molecule is C[C@H](NC(=O)[C@H](N)CCc1ccccc1)C(=O)CCc1cnc(N)c(Cl)c1. The summed E-state index contributed by atoms with van der Waals surface area (Å²) in [4.78, 5) is 28.4. The van der Waals surface area contributed by atoms with Crippen molar-refractivity contribution in [3.8, 4) is 0 Å². The van der Waals surface area contributed by atoms with Gasteiger partial charge in [-0.15, -0.1) is 0 Å². The predicted molar refractivity (Wildman–Crippen MR) is 107 cm³/mol. The van der Waals surface area contributed by atoms with Gasteiger partial charge >= 0.3 is 0 Å². The van der Waals surface area contributed by atoms with E-state index in [4.69, 9.17) is 23.1 Å². The first-order chi connectivity index (χ1) is 12.9. The summed E-state index contributed by atoms with van der Waals surface area (Å²) in [5, 5.41) is 3.06. The number of pyridine rings is 1. The van der Waals surface area contributed by atoms with E-state index in [-0.39, 0.29) is 23.9 Å². The minimum Gasteiger partial charge on any atom is -0.382 e. The van der Waals surface area contributed by atoms with E-state index in [1.165, 1.54) is 0 Å². The van der Waals surface area contributed by atoms with E-state index in [9.17, 15) is 9.59 Å². The lowest BCUT2D eigenvalue weighted by Gasteiger charge is -2.17. The molecule has 0 radical (unpaired) electrons. The second kappa shape index (κ2) is 10.0. The molecule has 7 heteroatoms. The molecule has 0 aliphatic carbocycles. The maximum Gasteiger partial charge on any atom is 0.237 e. The van der Waals surface area contributed by atoms with E-state index >= 15 is 0 Å². The maximum atomic E-state index is 12.3. The lowest BCUT2D eigenvalue weighted by Crippen LogP contribution is -2.47. The molecule has 2 aromatic rings. The lowest BCUT2D eigenvalue weighted by atomic mass is 10.0. The Balaban J connectivity index is 1.76. The molecular formula is C20H25ClN4O2. The Labute approximate surface area is 164 Å². The van der Waals surface area contributed by atoms with Crippen LogP contribution in [0.1, 0.15) is 30.9 Å². The van der Waals surface area contributed by atoms with Gasteiger partial charge in [0.05, 0.1) is 17.1 Å². The van der Waals surface area contributed by atoms with E-state index < -0.39 is 12.1 Å². The number of Topliss-reactive ketones (excluding diaryl/α,β-unsaturated/α-hetero) is 1. The first-order valence-electron chi connectivity index (χ1n) is 8.89. The van der Waals surface area contributed by atoms with E-state index in [1.54, 1.807) is 19.2 Å². The fourth-order valence-corrected chi connectivity index (χ4v) is 2.80. The van der Waals surface area contributed by atoms with Gasteiger partial charge in [0.1, 0.15) is 5.82 Å². The topological polar surface area (TPSA) is 111 Å². The Bertz CT molecular complexity index is 783. The van der Waals surface area contributed by atoms with Crippen molar-refractivity contribution in [1.29, 1.82) is 0 Å². The van der Waals surface area contributed by atoms with Crippen LogP contribution < -0.4 is 16.8 Å². The summed E-state index contributed by atoms with van der Waals surface area (Å²) < 4.78 is 0. The summed E-state index contributed by atoms with van der Waals surface area (Å²) in [6.07, 6.45) is 3.57. The zero-order chi connectivity index (χ0) is 19.8. The smallest absolute Gasteiger partial charge is 0.237 e. The van der Waals surface area contributed by atoms with Crippen LogP contribution in [0.3, 0.4) is 0 Å². The summed E-state index contributed by atoms with van der Waals surface area (Å²) in [5.74, 6) is -0.132. The van der Waals surface area contributed by atoms with Gasteiger partial charge in [-0.1, -0.05) is 41.9 Å². The van der Waals surface area contributed by atoms with E-state index in [1.807, 2.05) is 30.3 Å². The number of hydrogen-bond donors (Lipinski definition) is 3. The van der Waals surface area contributed by atoms with Crippen molar-refractivity contribution in [1.82, 2.24) is 10.3 Å². The molecule has 0 unspecified atom stereocenters. The van der Waals surface area contributed by atoms with Gasteiger partial charge in [-0.3, -0.25) is 9.59 Å². The highest BCUT2D eigenvalue weighted by Gasteiger charge is 2.20. The number of halogens is 1. The van der Waals surface area contributed by atoms with Crippen molar-refractivity contribution in [3.63, 3.8) is 0 Å². The van der Waals surface area contributed by atoms with Crippen LogP contribution in [0.15, 0.2) is 42.6 Å². The Hall–Kier alpha value is -2.44. The van der Waals surface area contributed by atoms with E-state index in [0.717, 1.165) is 11.1 Å². The number of anilines is 1. The molecule has 1 heterocycles. The molecule has 1 aromatic heterocycles. The first kappa shape index (κ1) is 20.9. The Morgan fingerprint density at radius 2 is 1.89 bits per heavy atom. The van der Waals surface area contributed by atoms with Gasteiger partial charge in [0.15, 0.2) is 5.78 Å². The fourth-order valence-electron chi connectivity index (χ4n) is 2.61. The number of rotatable bonds is 9. The van der Waals surface area contributed by atoms with Gasteiger partial charge in [0.25, 0.3) is 0 Å². The number of carbonyl (C=O) groups is 2. The number of hydrogen-bond acceptors (Lipinski definition) is 5. The van der Waals surface area contributed by atoms with Crippen molar-refractivity contribution in [2.75, 3.05) is 5.73 Å². The number of aromatic nitrogens is 1. The van der Waals surface area contributed by atoms with Gasteiger partial charge in [-0.2, -0.15) is 0 Å². The molecule has 0 fully saturated rings. The molecule has 0 bridgehead atoms. The van der Waals surface area contributed by atoms with Crippen molar-refractivity contribution in [2.45, 2.75) is 44.7 Å². The van der Waals surface area contributed by atoms with Crippen LogP contribution in [0.2, 0.25) is 5.02 Å². The number of aryl methyl sites for hydroxylation is 2. The van der Waals surface area contributed by atoms with Crippen molar-refractivity contribution in [2.24, 2.45) is 5.73 Å². The van der Waals surface area contributed by atoms with Gasteiger partial charge in [0, 0.05) is 12.6 Å². The summed E-state index contributed by atoms with van der Waals surface area (Å²) in [6, 6.07) is 10.3. The van der Waals surface area contributed by atoms with Crippen molar-refractivity contribution in [3.05, 3.63) is 58.7 Å². The molecule has 27 heavy (non-hydrogen) atoms. The van der Waals surface area contributed by atoms with E-state index in [2.05, 4.69) is 10.3 Å². The number of nitrogens with zero attached hydrogens (tertiary/aromatic N) is 1. The average molecular weight is 389 g/mol. The third-order valence-corrected chi connectivity index (χ3v) is 4.65. The second-order valence-electron chi connectivity index (χ2n) is 6.54. The number of nitrogens with two attached hydrogens (primary N) is 2. The summed E-state index contributed by atoms with van der Waals surface area (Å²) >= 11 is 5.93. The molecule has 0 saturated heterocycles. The van der Waals surface area contributed by atoms with Gasteiger partial charge in [-0.25, -0.2) is 4.98 Å². The third-order valence-electron chi connectivity index (χ3n) is 4.35. The molecule has 5 N–H and O–H groups in total. The molecular weight excluding hydrogens is 364 g/mol. The van der Waals surface area contributed by atoms with Crippen LogP contribution in [0.4, 0.5) is 5.82 Å². The minimum atomic E-state index is -0.652. The first-order valence-corrected chi connectivity index (χ1v) is 9.27. The quantitative estimate of drug-likeness (QED) is 0.610. The normalized spacial score (nSPS) is 13.0. The van der Waals surface area contributed by atoms with Crippen molar-refractivity contribution >= 4 is 29.1 Å². The predicted octanol–water partition coefficient (Wildman–Crippen LogP) is 2.28. The minimum absolute atomic E-state index is 0.0773. The highest BCUT2D eigenvalue weighted by molar-refractivity contribution is 6.32. The molecule has 1 aromatic carbocycles.